The molecule has 2 aromatic rings. The molecule has 0 atom stereocenters. The standard InChI is InChI=1S/C16H16FNO/c1-12-6-8-13(9-7-12)10-11-16(19)18-15-5-3-2-4-14(15)17/h2-9H,10-11H2,1H3,(H,18,19). The molecule has 1 N–H and O–H groups in total. The molecule has 0 aliphatic rings. The molecule has 19 heavy (non-hydrogen) atoms. The Morgan fingerprint density at radius 3 is 2.47 bits per heavy atom. The third-order valence-electron chi connectivity index (χ3n) is 2.91. The normalized spacial score (nSPS) is 10.2. The van der Waals surface area contributed by atoms with Gasteiger partial charge in [0.1, 0.15) is 5.82 Å². The summed E-state index contributed by atoms with van der Waals surface area (Å²) in [5.41, 5.74) is 2.53. The molecule has 2 nitrogen and oxygen atoms in total. The van der Waals surface area contributed by atoms with E-state index in [1.54, 1.807) is 18.2 Å². The monoisotopic (exact) mass is 257 g/mol. The van der Waals surface area contributed by atoms with Crippen LogP contribution in [0.5, 0.6) is 0 Å². The van der Waals surface area contributed by atoms with Gasteiger partial charge in [0, 0.05) is 6.42 Å². The first-order valence-electron chi connectivity index (χ1n) is 6.25. The maximum atomic E-state index is 13.3. The lowest BCUT2D eigenvalue weighted by Crippen LogP contribution is -2.13. The fourth-order valence-corrected chi connectivity index (χ4v) is 1.79. The number of halogens is 1. The van der Waals surface area contributed by atoms with Crippen molar-refractivity contribution in [3.63, 3.8) is 0 Å². The van der Waals surface area contributed by atoms with Crippen LogP contribution in [0, 0.1) is 12.7 Å². The number of aryl methyl sites for hydroxylation is 2. The van der Waals surface area contributed by atoms with E-state index < -0.39 is 5.82 Å². The van der Waals surface area contributed by atoms with Gasteiger partial charge in [0.05, 0.1) is 5.69 Å². The fourth-order valence-electron chi connectivity index (χ4n) is 1.79. The summed E-state index contributed by atoms with van der Waals surface area (Å²) in [5, 5.41) is 2.58. The third-order valence-corrected chi connectivity index (χ3v) is 2.91. The Balaban J connectivity index is 1.88. The quantitative estimate of drug-likeness (QED) is 0.889. The second-order valence-corrected chi connectivity index (χ2v) is 4.51. The second kappa shape index (κ2) is 6.14. The minimum atomic E-state index is -0.411. The van der Waals surface area contributed by atoms with Crippen molar-refractivity contribution in [3.8, 4) is 0 Å². The lowest BCUT2D eigenvalue weighted by molar-refractivity contribution is -0.116. The Morgan fingerprint density at radius 2 is 1.79 bits per heavy atom. The molecule has 98 valence electrons. The number of rotatable bonds is 4. The van der Waals surface area contributed by atoms with Crippen molar-refractivity contribution in [2.75, 3.05) is 5.32 Å². The highest BCUT2D eigenvalue weighted by Gasteiger charge is 2.06. The molecule has 0 fully saturated rings. The van der Waals surface area contributed by atoms with Gasteiger partial charge >= 0.3 is 0 Å². The molecular formula is C16H16FNO. The summed E-state index contributed by atoms with van der Waals surface area (Å²) in [4.78, 5) is 11.7. The number of carbonyl (C=O) groups excluding carboxylic acids is 1. The summed E-state index contributed by atoms with van der Waals surface area (Å²) < 4.78 is 13.3. The zero-order valence-corrected chi connectivity index (χ0v) is 10.8. The van der Waals surface area contributed by atoms with Gasteiger partial charge in [-0.25, -0.2) is 4.39 Å². The Hall–Kier alpha value is -2.16. The molecule has 0 unspecified atom stereocenters. The maximum absolute atomic E-state index is 13.3. The molecule has 0 saturated heterocycles. The average molecular weight is 257 g/mol. The van der Waals surface area contributed by atoms with Gasteiger partial charge in [0.15, 0.2) is 0 Å². The van der Waals surface area contributed by atoms with Gasteiger partial charge in [0.2, 0.25) is 5.91 Å². The minimum Gasteiger partial charge on any atom is -0.324 e. The predicted octanol–water partition coefficient (Wildman–Crippen LogP) is 3.71. The zero-order valence-electron chi connectivity index (χ0n) is 10.8. The zero-order chi connectivity index (χ0) is 13.7. The Bertz CT molecular complexity index is 563. The van der Waals surface area contributed by atoms with Crippen molar-refractivity contribution in [2.24, 2.45) is 0 Å². The molecule has 0 bridgehead atoms. The summed E-state index contributed by atoms with van der Waals surface area (Å²) >= 11 is 0. The van der Waals surface area contributed by atoms with Crippen LogP contribution in [0.25, 0.3) is 0 Å². The number of anilines is 1. The number of benzene rings is 2. The van der Waals surface area contributed by atoms with Gasteiger partial charge in [-0.05, 0) is 31.0 Å². The summed E-state index contributed by atoms with van der Waals surface area (Å²) in [6.07, 6.45) is 0.998. The van der Waals surface area contributed by atoms with E-state index in [0.29, 0.717) is 12.8 Å². The Morgan fingerprint density at radius 1 is 1.11 bits per heavy atom. The number of carbonyl (C=O) groups is 1. The van der Waals surface area contributed by atoms with E-state index in [1.165, 1.54) is 11.6 Å². The Kier molecular flexibility index (Phi) is 4.29. The highest BCUT2D eigenvalue weighted by molar-refractivity contribution is 5.90. The summed E-state index contributed by atoms with van der Waals surface area (Å²) in [6, 6.07) is 14.2. The molecule has 0 aliphatic carbocycles. The van der Waals surface area contributed by atoms with Crippen LogP contribution >= 0.6 is 0 Å². The number of nitrogens with one attached hydrogen (secondary N) is 1. The smallest absolute Gasteiger partial charge is 0.224 e. The molecule has 0 heterocycles. The molecule has 0 radical (unpaired) electrons. The van der Waals surface area contributed by atoms with Crippen molar-refractivity contribution in [2.45, 2.75) is 19.8 Å². The van der Waals surface area contributed by atoms with Crippen LogP contribution in [0.2, 0.25) is 0 Å². The van der Waals surface area contributed by atoms with Crippen LogP contribution < -0.4 is 5.32 Å². The van der Waals surface area contributed by atoms with Crippen LogP contribution in [-0.2, 0) is 11.2 Å². The van der Waals surface area contributed by atoms with Gasteiger partial charge in [-0.2, -0.15) is 0 Å². The van der Waals surface area contributed by atoms with E-state index in [9.17, 15) is 9.18 Å². The van der Waals surface area contributed by atoms with Crippen molar-refractivity contribution >= 4 is 11.6 Å². The first kappa shape index (κ1) is 13.3. The van der Waals surface area contributed by atoms with Crippen LogP contribution in [-0.4, -0.2) is 5.91 Å². The van der Waals surface area contributed by atoms with E-state index in [2.05, 4.69) is 5.32 Å². The van der Waals surface area contributed by atoms with Crippen LogP contribution in [0.3, 0.4) is 0 Å². The van der Waals surface area contributed by atoms with Crippen molar-refractivity contribution < 1.29 is 9.18 Å². The third kappa shape index (κ3) is 3.91. The molecule has 0 aliphatic heterocycles. The predicted molar refractivity (Wildman–Crippen MR) is 74.5 cm³/mol. The highest BCUT2D eigenvalue weighted by Crippen LogP contribution is 2.13. The molecule has 0 aromatic heterocycles. The minimum absolute atomic E-state index is 0.175. The SMILES string of the molecule is Cc1ccc(CCC(=O)Nc2ccccc2F)cc1. The summed E-state index contributed by atoms with van der Waals surface area (Å²) in [7, 11) is 0. The second-order valence-electron chi connectivity index (χ2n) is 4.51. The van der Waals surface area contributed by atoms with E-state index in [-0.39, 0.29) is 11.6 Å². The van der Waals surface area contributed by atoms with E-state index in [1.807, 2.05) is 31.2 Å². The molecule has 0 spiro atoms. The molecule has 0 saturated carbocycles. The number of para-hydroxylation sites is 1. The van der Waals surface area contributed by atoms with Gasteiger partial charge < -0.3 is 5.32 Å². The van der Waals surface area contributed by atoms with E-state index >= 15 is 0 Å². The van der Waals surface area contributed by atoms with Crippen LogP contribution in [0.1, 0.15) is 17.5 Å². The van der Waals surface area contributed by atoms with Gasteiger partial charge in [-0.15, -0.1) is 0 Å². The number of hydrogen-bond acceptors (Lipinski definition) is 1. The van der Waals surface area contributed by atoms with Crippen LogP contribution in [0.4, 0.5) is 10.1 Å². The maximum Gasteiger partial charge on any atom is 0.224 e. The van der Waals surface area contributed by atoms with Crippen molar-refractivity contribution in [1.29, 1.82) is 0 Å². The topological polar surface area (TPSA) is 29.1 Å². The summed E-state index contributed by atoms with van der Waals surface area (Å²) in [5.74, 6) is -0.586. The van der Waals surface area contributed by atoms with Crippen LogP contribution in [0.15, 0.2) is 48.5 Å². The molecule has 2 aromatic carbocycles. The summed E-state index contributed by atoms with van der Waals surface area (Å²) in [6.45, 7) is 2.02. The van der Waals surface area contributed by atoms with Crippen molar-refractivity contribution in [3.05, 3.63) is 65.5 Å². The number of hydrogen-bond donors (Lipinski definition) is 1. The van der Waals surface area contributed by atoms with E-state index in [4.69, 9.17) is 0 Å². The largest absolute Gasteiger partial charge is 0.324 e. The number of amides is 1. The van der Waals surface area contributed by atoms with E-state index in [0.717, 1.165) is 5.56 Å². The fraction of sp³-hybridized carbons (Fsp3) is 0.188. The molecular weight excluding hydrogens is 241 g/mol. The first-order chi connectivity index (χ1) is 9.15. The molecule has 2 rings (SSSR count). The average Bonchev–Trinajstić information content (AvgIpc) is 2.41. The lowest BCUT2D eigenvalue weighted by atomic mass is 10.1. The Labute approximate surface area is 112 Å². The van der Waals surface area contributed by atoms with Gasteiger partial charge in [0.25, 0.3) is 0 Å². The van der Waals surface area contributed by atoms with Gasteiger partial charge in [-0.1, -0.05) is 42.0 Å². The van der Waals surface area contributed by atoms with Crippen molar-refractivity contribution in [1.82, 2.24) is 0 Å². The van der Waals surface area contributed by atoms with Gasteiger partial charge in [-0.3, -0.25) is 4.79 Å². The highest BCUT2D eigenvalue weighted by atomic mass is 19.1. The first-order valence-corrected chi connectivity index (χ1v) is 6.25. The molecule has 1 amide bonds. The lowest BCUT2D eigenvalue weighted by Gasteiger charge is -2.06. The molecule has 3 heteroatoms.